The molecule has 0 spiro atoms. The van der Waals surface area contributed by atoms with Gasteiger partial charge in [0, 0.05) is 5.92 Å². The highest BCUT2D eigenvalue weighted by Crippen LogP contribution is 2.49. The Balaban J connectivity index is 1.88. The second kappa shape index (κ2) is 17.5. The van der Waals surface area contributed by atoms with E-state index in [9.17, 15) is 0 Å². The van der Waals surface area contributed by atoms with Crippen molar-refractivity contribution in [2.24, 2.45) is 5.92 Å². The van der Waals surface area contributed by atoms with Gasteiger partial charge in [0.25, 0.3) is 0 Å². The van der Waals surface area contributed by atoms with Crippen LogP contribution in [0.4, 0.5) is 0 Å². The maximum atomic E-state index is 2.66. The molecule has 0 fully saturated rings. The van der Waals surface area contributed by atoms with Crippen LogP contribution in [0.2, 0.25) is 0 Å². The van der Waals surface area contributed by atoms with Crippen LogP contribution >= 0.6 is 0 Å². The maximum Gasteiger partial charge on any atom is 0.0636 e. The van der Waals surface area contributed by atoms with Crippen LogP contribution < -0.4 is 5.19 Å². The predicted molar refractivity (Wildman–Crippen MR) is 209 cm³/mol. The first-order chi connectivity index (χ1) is 22.2. The van der Waals surface area contributed by atoms with Gasteiger partial charge in [-0.3, -0.25) is 0 Å². The summed E-state index contributed by atoms with van der Waals surface area (Å²) in [7, 11) is -0.666. The zero-order valence-corrected chi connectivity index (χ0v) is 32.5. The van der Waals surface area contributed by atoms with Crippen molar-refractivity contribution < 1.29 is 0 Å². The summed E-state index contributed by atoms with van der Waals surface area (Å²) in [5, 5.41) is 1.62. The molecule has 3 aromatic rings. The molecule has 2 atom stereocenters. The van der Waals surface area contributed by atoms with Crippen LogP contribution in [0.25, 0.3) is 5.57 Å². The van der Waals surface area contributed by atoms with Crippen molar-refractivity contribution in [3.8, 4) is 0 Å². The Morgan fingerprint density at radius 2 is 1.07 bits per heavy atom. The third-order valence-corrected chi connectivity index (χ3v) is 13.1. The number of hydrogen-bond donors (Lipinski definition) is 0. The number of benzene rings is 3. The van der Waals surface area contributed by atoms with Crippen molar-refractivity contribution in [1.82, 2.24) is 0 Å². The SMILES string of the molecule is CCCCCCc1cc(CCCCCC)cc(C([SiH2]c2cc(C)cc(C)c2)C2C(C)=C(C)C(C)=C2c2cc(CC)cc(CC)c2)c1. The van der Waals surface area contributed by atoms with Gasteiger partial charge in [-0.2, -0.15) is 0 Å². The van der Waals surface area contributed by atoms with Crippen molar-refractivity contribution in [3.63, 3.8) is 0 Å². The molecule has 46 heavy (non-hydrogen) atoms. The minimum absolute atomic E-state index is 0.438. The Morgan fingerprint density at radius 1 is 0.543 bits per heavy atom. The Bertz CT molecular complexity index is 1440. The van der Waals surface area contributed by atoms with Gasteiger partial charge < -0.3 is 0 Å². The summed E-state index contributed by atoms with van der Waals surface area (Å²) in [6, 6.07) is 22.8. The Labute approximate surface area is 286 Å². The van der Waals surface area contributed by atoms with Crippen LogP contribution in [-0.4, -0.2) is 9.52 Å². The maximum absolute atomic E-state index is 2.66. The highest BCUT2D eigenvalue weighted by Gasteiger charge is 2.36. The molecule has 3 aromatic carbocycles. The van der Waals surface area contributed by atoms with Crippen LogP contribution in [0, 0.1) is 19.8 Å². The van der Waals surface area contributed by atoms with Crippen LogP contribution in [0.1, 0.15) is 150 Å². The van der Waals surface area contributed by atoms with E-state index in [1.165, 1.54) is 103 Å². The van der Waals surface area contributed by atoms with E-state index in [1.807, 2.05) is 0 Å². The third-order valence-electron chi connectivity index (χ3n) is 10.8. The zero-order valence-electron chi connectivity index (χ0n) is 31.0. The van der Waals surface area contributed by atoms with E-state index < -0.39 is 9.52 Å². The molecule has 2 unspecified atom stereocenters. The zero-order chi connectivity index (χ0) is 33.2. The van der Waals surface area contributed by atoms with Gasteiger partial charge in [0.2, 0.25) is 0 Å². The molecular weight excluding hydrogens is 569 g/mol. The highest BCUT2D eigenvalue weighted by molar-refractivity contribution is 6.55. The summed E-state index contributed by atoms with van der Waals surface area (Å²) in [5.74, 6) is 0.438. The summed E-state index contributed by atoms with van der Waals surface area (Å²) < 4.78 is 0. The van der Waals surface area contributed by atoms with E-state index in [1.54, 1.807) is 33.0 Å². The van der Waals surface area contributed by atoms with Gasteiger partial charge in [-0.1, -0.05) is 143 Å². The van der Waals surface area contributed by atoms with Crippen molar-refractivity contribution in [2.45, 2.75) is 145 Å². The fourth-order valence-electron chi connectivity index (χ4n) is 8.08. The van der Waals surface area contributed by atoms with E-state index in [2.05, 4.69) is 117 Å². The van der Waals surface area contributed by atoms with Gasteiger partial charge in [-0.05, 0) is 129 Å². The monoisotopic (exact) mass is 632 g/mol. The van der Waals surface area contributed by atoms with Gasteiger partial charge in [0.05, 0.1) is 9.52 Å². The van der Waals surface area contributed by atoms with Gasteiger partial charge in [0.15, 0.2) is 0 Å². The molecule has 1 aliphatic rings. The largest absolute Gasteiger partial charge is 0.0657 e. The predicted octanol–water partition coefficient (Wildman–Crippen LogP) is 11.6. The molecule has 0 heterocycles. The summed E-state index contributed by atoms with van der Waals surface area (Å²) >= 11 is 0. The topological polar surface area (TPSA) is 0 Å². The lowest BCUT2D eigenvalue weighted by atomic mass is 9.82. The van der Waals surface area contributed by atoms with E-state index >= 15 is 0 Å². The first kappa shape index (κ1) is 36.2. The van der Waals surface area contributed by atoms with Crippen LogP contribution in [-0.2, 0) is 25.7 Å². The lowest BCUT2D eigenvalue weighted by molar-refractivity contribution is 0.659. The lowest BCUT2D eigenvalue weighted by Gasteiger charge is -2.30. The molecule has 248 valence electrons. The second-order valence-electron chi connectivity index (χ2n) is 14.6. The molecular formula is C45H64Si. The van der Waals surface area contributed by atoms with Crippen LogP contribution in [0.15, 0.2) is 71.3 Å². The molecule has 0 saturated carbocycles. The van der Waals surface area contributed by atoms with Crippen LogP contribution in [0.5, 0.6) is 0 Å². The molecule has 4 rings (SSSR count). The average molecular weight is 633 g/mol. The normalized spacial score (nSPS) is 16.0. The molecule has 0 aromatic heterocycles. The van der Waals surface area contributed by atoms with E-state index in [4.69, 9.17) is 0 Å². The average Bonchev–Trinajstić information content (AvgIpc) is 3.26. The molecule has 0 nitrogen and oxygen atoms in total. The molecule has 1 aliphatic carbocycles. The molecule has 0 radical (unpaired) electrons. The summed E-state index contributed by atoms with van der Waals surface area (Å²) in [5.41, 5.74) is 18.8. The van der Waals surface area contributed by atoms with E-state index in [0.717, 1.165) is 12.8 Å². The molecule has 0 bridgehead atoms. The quantitative estimate of drug-likeness (QED) is 0.103. The molecule has 0 saturated heterocycles. The van der Waals surface area contributed by atoms with Crippen molar-refractivity contribution in [1.29, 1.82) is 0 Å². The summed E-state index contributed by atoms with van der Waals surface area (Å²) in [6.07, 6.45) is 15.2. The number of unbranched alkanes of at least 4 members (excludes halogenated alkanes) is 6. The highest BCUT2D eigenvalue weighted by atomic mass is 28.2. The Morgan fingerprint density at radius 3 is 1.57 bits per heavy atom. The number of rotatable bonds is 17. The van der Waals surface area contributed by atoms with Gasteiger partial charge >= 0.3 is 0 Å². The molecule has 0 amide bonds. The van der Waals surface area contributed by atoms with Crippen molar-refractivity contribution in [3.05, 3.63) is 116 Å². The van der Waals surface area contributed by atoms with Gasteiger partial charge in [-0.15, -0.1) is 0 Å². The number of aryl methyl sites for hydroxylation is 6. The lowest BCUT2D eigenvalue weighted by Crippen LogP contribution is -2.29. The smallest absolute Gasteiger partial charge is 0.0636 e. The van der Waals surface area contributed by atoms with E-state index in [-0.39, 0.29) is 0 Å². The fraction of sp³-hybridized carbons (Fsp3) is 0.511. The van der Waals surface area contributed by atoms with Crippen LogP contribution in [0.3, 0.4) is 0 Å². The summed E-state index contributed by atoms with van der Waals surface area (Å²) in [4.78, 5) is 0. The number of hydrogen-bond acceptors (Lipinski definition) is 0. The van der Waals surface area contributed by atoms with Crippen molar-refractivity contribution in [2.75, 3.05) is 0 Å². The molecule has 0 aliphatic heterocycles. The summed E-state index contributed by atoms with van der Waals surface area (Å²) in [6.45, 7) is 21.1. The van der Waals surface area contributed by atoms with Crippen molar-refractivity contribution >= 4 is 20.3 Å². The first-order valence-corrected chi connectivity index (χ1v) is 20.4. The van der Waals surface area contributed by atoms with Gasteiger partial charge in [0.1, 0.15) is 0 Å². The number of allylic oxidation sites excluding steroid dienone is 4. The molecule has 1 heteroatoms. The van der Waals surface area contributed by atoms with Gasteiger partial charge in [-0.25, -0.2) is 0 Å². The fourth-order valence-corrected chi connectivity index (χ4v) is 10.8. The van der Waals surface area contributed by atoms with E-state index in [0.29, 0.717) is 11.5 Å². The second-order valence-corrected chi connectivity index (χ2v) is 16.7. The minimum Gasteiger partial charge on any atom is -0.0657 e. The Kier molecular flexibility index (Phi) is 13.8. The minimum atomic E-state index is -0.666. The standard InChI is InChI=1S/C45H64Si/c1-10-14-16-18-20-38-26-39(21-19-17-15-11-2)30-41(29-38)45(46-42-23-31(5)22-32(6)24-42)44-35(9)33(7)34(8)43(44)40-27-36(12-3)25-37(13-4)28-40/h22-30,44-45H,10-21,46H2,1-9H3. The first-order valence-electron chi connectivity index (χ1n) is 18.9. The third kappa shape index (κ3) is 9.24. The molecule has 0 N–H and O–H groups in total. The Hall–Kier alpha value is -2.64.